The standard InChI is InChI=1S/C19H24N2O2/c1-14(2)16-9-6-10-17(12-16)20-19(23)21-18(13-22)11-15-7-4-3-5-8-15/h3-10,12,14,18,22H,11,13H2,1-2H3,(H2,20,21,23). The van der Waals surface area contributed by atoms with Gasteiger partial charge in [0.25, 0.3) is 0 Å². The molecule has 0 bridgehead atoms. The average molecular weight is 312 g/mol. The molecule has 0 fully saturated rings. The molecule has 2 rings (SSSR count). The van der Waals surface area contributed by atoms with Crippen LogP contribution in [0, 0.1) is 0 Å². The van der Waals surface area contributed by atoms with E-state index in [2.05, 4.69) is 24.5 Å². The summed E-state index contributed by atoms with van der Waals surface area (Å²) in [5, 5.41) is 15.1. The van der Waals surface area contributed by atoms with Gasteiger partial charge in [-0.05, 0) is 35.6 Å². The van der Waals surface area contributed by atoms with E-state index in [0.717, 1.165) is 11.3 Å². The Balaban J connectivity index is 1.93. The second-order valence-electron chi connectivity index (χ2n) is 5.95. The number of aliphatic hydroxyl groups excluding tert-OH is 1. The van der Waals surface area contributed by atoms with E-state index < -0.39 is 0 Å². The van der Waals surface area contributed by atoms with Crippen LogP contribution in [0.4, 0.5) is 10.5 Å². The monoisotopic (exact) mass is 312 g/mol. The number of benzene rings is 2. The van der Waals surface area contributed by atoms with Crippen molar-refractivity contribution >= 4 is 11.7 Å². The Morgan fingerprint density at radius 2 is 1.83 bits per heavy atom. The lowest BCUT2D eigenvalue weighted by Gasteiger charge is -2.17. The maximum Gasteiger partial charge on any atom is 0.319 e. The Hall–Kier alpha value is -2.33. The Morgan fingerprint density at radius 3 is 2.48 bits per heavy atom. The van der Waals surface area contributed by atoms with Crippen LogP contribution in [0.1, 0.15) is 30.9 Å². The number of carbonyl (C=O) groups excluding carboxylic acids is 1. The number of hydrogen-bond acceptors (Lipinski definition) is 2. The Morgan fingerprint density at radius 1 is 1.09 bits per heavy atom. The summed E-state index contributed by atoms with van der Waals surface area (Å²) >= 11 is 0. The minimum atomic E-state index is -0.314. The van der Waals surface area contributed by atoms with Crippen LogP contribution in [0.25, 0.3) is 0 Å². The highest BCUT2D eigenvalue weighted by Crippen LogP contribution is 2.18. The molecule has 2 amide bonds. The number of amides is 2. The topological polar surface area (TPSA) is 61.4 Å². The van der Waals surface area contributed by atoms with Crippen molar-refractivity contribution in [1.29, 1.82) is 0 Å². The fraction of sp³-hybridized carbons (Fsp3) is 0.316. The molecule has 4 heteroatoms. The molecule has 0 aliphatic rings. The third-order valence-electron chi connectivity index (χ3n) is 3.69. The Labute approximate surface area is 137 Å². The van der Waals surface area contributed by atoms with Gasteiger partial charge >= 0.3 is 6.03 Å². The number of nitrogens with one attached hydrogen (secondary N) is 2. The van der Waals surface area contributed by atoms with Crippen LogP contribution in [0.5, 0.6) is 0 Å². The van der Waals surface area contributed by atoms with Crippen LogP contribution in [0.3, 0.4) is 0 Å². The number of aliphatic hydroxyl groups is 1. The lowest BCUT2D eigenvalue weighted by Crippen LogP contribution is -2.41. The summed E-state index contributed by atoms with van der Waals surface area (Å²) in [6.45, 7) is 4.12. The molecule has 0 aliphatic heterocycles. The fourth-order valence-electron chi connectivity index (χ4n) is 2.39. The normalized spacial score (nSPS) is 12.0. The van der Waals surface area contributed by atoms with Crippen LogP contribution in [-0.2, 0) is 6.42 Å². The Bertz CT molecular complexity index is 626. The van der Waals surface area contributed by atoms with Crippen molar-refractivity contribution < 1.29 is 9.90 Å². The van der Waals surface area contributed by atoms with E-state index in [9.17, 15) is 9.90 Å². The number of urea groups is 1. The van der Waals surface area contributed by atoms with Crippen LogP contribution >= 0.6 is 0 Å². The predicted octanol–water partition coefficient (Wildman–Crippen LogP) is 3.54. The van der Waals surface area contributed by atoms with Crippen molar-refractivity contribution in [3.63, 3.8) is 0 Å². The Kier molecular flexibility index (Phi) is 6.18. The first-order valence-electron chi connectivity index (χ1n) is 7.90. The van der Waals surface area contributed by atoms with Gasteiger partial charge in [0.1, 0.15) is 0 Å². The first kappa shape index (κ1) is 17.0. The van der Waals surface area contributed by atoms with Crippen molar-refractivity contribution in [2.45, 2.75) is 32.2 Å². The molecule has 0 heterocycles. The van der Waals surface area contributed by atoms with Gasteiger partial charge in [-0.15, -0.1) is 0 Å². The highest BCUT2D eigenvalue weighted by molar-refractivity contribution is 5.89. The van der Waals surface area contributed by atoms with E-state index in [1.165, 1.54) is 5.56 Å². The fourth-order valence-corrected chi connectivity index (χ4v) is 2.39. The first-order valence-corrected chi connectivity index (χ1v) is 7.90. The van der Waals surface area contributed by atoms with E-state index in [0.29, 0.717) is 12.3 Å². The molecule has 0 saturated carbocycles. The molecule has 0 aromatic heterocycles. The van der Waals surface area contributed by atoms with Gasteiger partial charge in [-0.3, -0.25) is 0 Å². The second-order valence-corrected chi connectivity index (χ2v) is 5.95. The van der Waals surface area contributed by atoms with Gasteiger partial charge in [-0.1, -0.05) is 56.3 Å². The third kappa shape index (κ3) is 5.42. The highest BCUT2D eigenvalue weighted by Gasteiger charge is 2.12. The molecule has 0 spiro atoms. The summed E-state index contributed by atoms with van der Waals surface area (Å²) in [6.07, 6.45) is 0.594. The minimum Gasteiger partial charge on any atom is -0.394 e. The largest absolute Gasteiger partial charge is 0.394 e. The highest BCUT2D eigenvalue weighted by atomic mass is 16.3. The molecule has 2 aromatic carbocycles. The van der Waals surface area contributed by atoms with Crippen molar-refractivity contribution in [3.05, 3.63) is 65.7 Å². The summed E-state index contributed by atoms with van der Waals surface area (Å²) in [6, 6.07) is 17.0. The predicted molar refractivity (Wildman–Crippen MR) is 93.7 cm³/mol. The zero-order valence-electron chi connectivity index (χ0n) is 13.6. The van der Waals surface area contributed by atoms with Gasteiger partial charge < -0.3 is 15.7 Å². The third-order valence-corrected chi connectivity index (χ3v) is 3.69. The quantitative estimate of drug-likeness (QED) is 0.764. The summed E-state index contributed by atoms with van der Waals surface area (Å²) in [5.74, 6) is 0.406. The van der Waals surface area contributed by atoms with Crippen molar-refractivity contribution in [2.75, 3.05) is 11.9 Å². The zero-order chi connectivity index (χ0) is 16.7. The van der Waals surface area contributed by atoms with Gasteiger partial charge in [0.15, 0.2) is 0 Å². The molecule has 1 atom stereocenters. The van der Waals surface area contributed by atoms with E-state index in [-0.39, 0.29) is 18.7 Å². The molecule has 2 aromatic rings. The molecule has 122 valence electrons. The summed E-state index contributed by atoms with van der Waals surface area (Å²) < 4.78 is 0. The van der Waals surface area contributed by atoms with Crippen LogP contribution in [-0.4, -0.2) is 23.8 Å². The molecule has 0 radical (unpaired) electrons. The second kappa shape index (κ2) is 8.34. The van der Waals surface area contributed by atoms with Gasteiger partial charge in [0.05, 0.1) is 12.6 Å². The molecule has 3 N–H and O–H groups in total. The molecular formula is C19H24N2O2. The van der Waals surface area contributed by atoms with Crippen LogP contribution in [0.15, 0.2) is 54.6 Å². The van der Waals surface area contributed by atoms with E-state index in [4.69, 9.17) is 0 Å². The smallest absolute Gasteiger partial charge is 0.319 e. The summed E-state index contributed by atoms with van der Waals surface area (Å²) in [5.41, 5.74) is 3.00. The minimum absolute atomic E-state index is 0.103. The van der Waals surface area contributed by atoms with Crippen LogP contribution < -0.4 is 10.6 Å². The van der Waals surface area contributed by atoms with E-state index >= 15 is 0 Å². The lowest BCUT2D eigenvalue weighted by molar-refractivity contribution is 0.224. The molecular weight excluding hydrogens is 288 g/mol. The molecule has 0 aliphatic carbocycles. The van der Waals surface area contributed by atoms with Crippen LogP contribution in [0.2, 0.25) is 0 Å². The zero-order valence-corrected chi connectivity index (χ0v) is 13.6. The number of rotatable bonds is 6. The van der Waals surface area contributed by atoms with E-state index in [1.807, 2.05) is 54.6 Å². The number of hydrogen-bond donors (Lipinski definition) is 3. The maximum absolute atomic E-state index is 12.1. The first-order chi connectivity index (χ1) is 11.1. The van der Waals surface area contributed by atoms with Gasteiger partial charge in [-0.2, -0.15) is 0 Å². The summed E-state index contributed by atoms with van der Waals surface area (Å²) in [7, 11) is 0. The number of anilines is 1. The van der Waals surface area contributed by atoms with Crippen molar-refractivity contribution in [3.8, 4) is 0 Å². The van der Waals surface area contributed by atoms with Crippen molar-refractivity contribution in [1.82, 2.24) is 5.32 Å². The van der Waals surface area contributed by atoms with Crippen molar-refractivity contribution in [2.24, 2.45) is 0 Å². The average Bonchev–Trinajstić information content (AvgIpc) is 2.55. The number of carbonyl (C=O) groups is 1. The SMILES string of the molecule is CC(C)c1cccc(NC(=O)NC(CO)Cc2ccccc2)c1. The van der Waals surface area contributed by atoms with Gasteiger partial charge in [-0.25, -0.2) is 4.79 Å². The summed E-state index contributed by atoms with van der Waals surface area (Å²) in [4.78, 5) is 12.1. The van der Waals surface area contributed by atoms with Gasteiger partial charge in [0.2, 0.25) is 0 Å². The molecule has 1 unspecified atom stereocenters. The maximum atomic E-state index is 12.1. The molecule has 23 heavy (non-hydrogen) atoms. The molecule has 0 saturated heterocycles. The molecule has 4 nitrogen and oxygen atoms in total. The van der Waals surface area contributed by atoms with E-state index in [1.54, 1.807) is 0 Å². The lowest BCUT2D eigenvalue weighted by atomic mass is 10.0. The van der Waals surface area contributed by atoms with Gasteiger partial charge in [0, 0.05) is 5.69 Å².